The van der Waals surface area contributed by atoms with Gasteiger partial charge in [0.1, 0.15) is 11.6 Å². The van der Waals surface area contributed by atoms with Gasteiger partial charge >= 0.3 is 0 Å². The van der Waals surface area contributed by atoms with Crippen LogP contribution in [0.1, 0.15) is 18.9 Å². The highest BCUT2D eigenvalue weighted by atomic mass is 19.1. The number of ketones is 1. The Morgan fingerprint density at radius 3 is 2.50 bits per heavy atom. The van der Waals surface area contributed by atoms with Crippen LogP contribution in [-0.2, 0) is 11.2 Å². The third kappa shape index (κ3) is 2.00. The molecular weight excluding hydrogens is 179 g/mol. The van der Waals surface area contributed by atoms with Crippen LogP contribution in [0, 0.1) is 17.7 Å². The van der Waals surface area contributed by atoms with Crippen molar-refractivity contribution in [3.05, 3.63) is 35.6 Å². The van der Waals surface area contributed by atoms with Crippen molar-refractivity contribution in [3.63, 3.8) is 0 Å². The first-order valence-electron chi connectivity index (χ1n) is 4.94. The molecule has 0 saturated heterocycles. The molecule has 0 heterocycles. The zero-order valence-electron chi connectivity index (χ0n) is 8.16. The molecule has 0 spiro atoms. The minimum Gasteiger partial charge on any atom is -0.299 e. The van der Waals surface area contributed by atoms with Crippen LogP contribution in [0.5, 0.6) is 0 Å². The van der Waals surface area contributed by atoms with Gasteiger partial charge in [0.2, 0.25) is 0 Å². The number of rotatable bonds is 3. The highest BCUT2D eigenvalue weighted by Gasteiger charge is 2.38. The maximum Gasteiger partial charge on any atom is 0.140 e. The Morgan fingerprint density at radius 1 is 1.43 bits per heavy atom. The Labute approximate surface area is 82.9 Å². The van der Waals surface area contributed by atoms with Gasteiger partial charge in [-0.2, -0.15) is 0 Å². The van der Waals surface area contributed by atoms with E-state index in [0.717, 1.165) is 12.0 Å². The molecule has 2 rings (SSSR count). The second kappa shape index (κ2) is 3.52. The summed E-state index contributed by atoms with van der Waals surface area (Å²) in [6.45, 7) is 2.09. The molecule has 0 aromatic heterocycles. The van der Waals surface area contributed by atoms with E-state index in [2.05, 4.69) is 6.92 Å². The van der Waals surface area contributed by atoms with Crippen molar-refractivity contribution in [3.8, 4) is 0 Å². The van der Waals surface area contributed by atoms with Gasteiger partial charge in [0, 0.05) is 12.3 Å². The molecule has 1 fully saturated rings. The van der Waals surface area contributed by atoms with Crippen molar-refractivity contribution in [2.75, 3.05) is 0 Å². The number of carbonyl (C=O) groups excluding carboxylic acids is 1. The molecule has 0 radical (unpaired) electrons. The standard InChI is InChI=1S/C12H13FO/c1-8-6-11(8)12(14)7-9-2-4-10(13)5-3-9/h2-5,8,11H,6-7H2,1H3. The van der Waals surface area contributed by atoms with E-state index in [1.807, 2.05) is 0 Å². The van der Waals surface area contributed by atoms with Gasteiger partial charge in [0.05, 0.1) is 0 Å². The molecule has 1 aliphatic carbocycles. The Bertz CT molecular complexity index is 342. The van der Waals surface area contributed by atoms with Crippen LogP contribution in [0.2, 0.25) is 0 Å². The van der Waals surface area contributed by atoms with Crippen molar-refractivity contribution < 1.29 is 9.18 Å². The first-order valence-corrected chi connectivity index (χ1v) is 4.94. The Kier molecular flexibility index (Phi) is 2.36. The monoisotopic (exact) mass is 192 g/mol. The Morgan fingerprint density at radius 2 is 2.00 bits per heavy atom. The van der Waals surface area contributed by atoms with E-state index >= 15 is 0 Å². The van der Waals surface area contributed by atoms with Gasteiger partial charge in [-0.25, -0.2) is 4.39 Å². The molecule has 1 saturated carbocycles. The van der Waals surface area contributed by atoms with E-state index in [1.54, 1.807) is 12.1 Å². The molecule has 0 aliphatic heterocycles. The SMILES string of the molecule is CC1CC1C(=O)Cc1ccc(F)cc1. The van der Waals surface area contributed by atoms with Gasteiger partial charge < -0.3 is 0 Å². The minimum atomic E-state index is -0.249. The summed E-state index contributed by atoms with van der Waals surface area (Å²) >= 11 is 0. The summed E-state index contributed by atoms with van der Waals surface area (Å²) in [4.78, 5) is 11.6. The van der Waals surface area contributed by atoms with Gasteiger partial charge in [-0.1, -0.05) is 19.1 Å². The largest absolute Gasteiger partial charge is 0.299 e. The molecule has 2 atom stereocenters. The lowest BCUT2D eigenvalue weighted by Gasteiger charge is -1.99. The molecule has 2 unspecified atom stereocenters. The second-order valence-electron chi connectivity index (χ2n) is 4.09. The van der Waals surface area contributed by atoms with E-state index in [9.17, 15) is 9.18 Å². The fourth-order valence-corrected chi connectivity index (χ4v) is 1.71. The molecule has 1 nitrogen and oxygen atoms in total. The molecule has 1 aliphatic rings. The highest BCUT2D eigenvalue weighted by molar-refractivity contribution is 5.85. The zero-order valence-corrected chi connectivity index (χ0v) is 8.16. The topological polar surface area (TPSA) is 17.1 Å². The van der Waals surface area contributed by atoms with E-state index in [0.29, 0.717) is 18.1 Å². The average Bonchev–Trinajstić information content (AvgIpc) is 2.87. The summed E-state index contributed by atoms with van der Waals surface area (Å²) in [5.41, 5.74) is 0.913. The van der Waals surface area contributed by atoms with Crippen LogP contribution in [0.15, 0.2) is 24.3 Å². The molecule has 74 valence electrons. The summed E-state index contributed by atoms with van der Waals surface area (Å²) in [6.07, 6.45) is 1.48. The number of hydrogen-bond donors (Lipinski definition) is 0. The maximum atomic E-state index is 12.6. The molecule has 1 aromatic rings. The Balaban J connectivity index is 1.97. The van der Waals surface area contributed by atoms with Gasteiger partial charge in [0.15, 0.2) is 0 Å². The first-order chi connectivity index (χ1) is 6.66. The van der Waals surface area contributed by atoms with Gasteiger partial charge in [-0.3, -0.25) is 4.79 Å². The highest BCUT2D eigenvalue weighted by Crippen LogP contribution is 2.39. The summed E-state index contributed by atoms with van der Waals surface area (Å²) < 4.78 is 12.6. The summed E-state index contributed by atoms with van der Waals surface area (Å²) in [7, 11) is 0. The first kappa shape index (κ1) is 9.38. The van der Waals surface area contributed by atoms with E-state index in [4.69, 9.17) is 0 Å². The minimum absolute atomic E-state index is 0.249. The average molecular weight is 192 g/mol. The van der Waals surface area contributed by atoms with Crippen LogP contribution in [-0.4, -0.2) is 5.78 Å². The maximum absolute atomic E-state index is 12.6. The molecular formula is C12H13FO. The van der Waals surface area contributed by atoms with Crippen molar-refractivity contribution >= 4 is 5.78 Å². The van der Waals surface area contributed by atoms with E-state index in [-0.39, 0.29) is 11.7 Å². The predicted molar refractivity (Wildman–Crippen MR) is 52.4 cm³/mol. The quantitative estimate of drug-likeness (QED) is 0.719. The third-order valence-electron chi connectivity index (χ3n) is 2.81. The van der Waals surface area contributed by atoms with Crippen LogP contribution in [0.4, 0.5) is 4.39 Å². The van der Waals surface area contributed by atoms with Gasteiger partial charge in [-0.15, -0.1) is 0 Å². The van der Waals surface area contributed by atoms with Crippen molar-refractivity contribution in [2.45, 2.75) is 19.8 Å². The number of hydrogen-bond acceptors (Lipinski definition) is 1. The lowest BCUT2D eigenvalue weighted by atomic mass is 10.1. The summed E-state index contributed by atoms with van der Waals surface area (Å²) in [5.74, 6) is 0.869. The second-order valence-corrected chi connectivity index (χ2v) is 4.09. The lowest BCUT2D eigenvalue weighted by Crippen LogP contribution is -2.05. The normalized spacial score (nSPS) is 24.7. The summed E-state index contributed by atoms with van der Waals surface area (Å²) in [6, 6.07) is 6.17. The summed E-state index contributed by atoms with van der Waals surface area (Å²) in [5, 5.41) is 0. The molecule has 14 heavy (non-hydrogen) atoms. The van der Waals surface area contributed by atoms with Gasteiger partial charge in [0.25, 0.3) is 0 Å². The van der Waals surface area contributed by atoms with Crippen molar-refractivity contribution in [1.29, 1.82) is 0 Å². The number of benzene rings is 1. The van der Waals surface area contributed by atoms with Crippen LogP contribution in [0.25, 0.3) is 0 Å². The molecule has 0 amide bonds. The van der Waals surface area contributed by atoms with E-state index in [1.165, 1.54) is 12.1 Å². The smallest absolute Gasteiger partial charge is 0.140 e. The number of carbonyl (C=O) groups is 1. The molecule has 2 heteroatoms. The van der Waals surface area contributed by atoms with E-state index < -0.39 is 0 Å². The lowest BCUT2D eigenvalue weighted by molar-refractivity contribution is -0.119. The fraction of sp³-hybridized carbons (Fsp3) is 0.417. The van der Waals surface area contributed by atoms with Crippen LogP contribution in [0.3, 0.4) is 0 Å². The Hall–Kier alpha value is -1.18. The molecule has 0 N–H and O–H groups in total. The van der Waals surface area contributed by atoms with Crippen LogP contribution < -0.4 is 0 Å². The molecule has 1 aromatic carbocycles. The van der Waals surface area contributed by atoms with Gasteiger partial charge in [-0.05, 0) is 30.0 Å². The van der Waals surface area contributed by atoms with Crippen molar-refractivity contribution in [2.24, 2.45) is 11.8 Å². The molecule has 0 bridgehead atoms. The predicted octanol–water partition coefficient (Wildman–Crippen LogP) is 2.59. The third-order valence-corrected chi connectivity index (χ3v) is 2.81. The number of Topliss-reactive ketones (excluding diaryl/α,β-unsaturated/α-hetero) is 1. The van der Waals surface area contributed by atoms with Crippen LogP contribution >= 0.6 is 0 Å². The zero-order chi connectivity index (χ0) is 10.1. The number of halogens is 1. The van der Waals surface area contributed by atoms with Crippen molar-refractivity contribution in [1.82, 2.24) is 0 Å². The fourth-order valence-electron chi connectivity index (χ4n) is 1.71.